The Morgan fingerprint density at radius 3 is 2.74 bits per heavy atom. The summed E-state index contributed by atoms with van der Waals surface area (Å²) in [4.78, 5) is 16.0. The molecule has 0 saturated carbocycles. The Kier molecular flexibility index (Phi) is 8.79. The first-order valence-electron chi connectivity index (χ1n) is 7.48. The number of unbranched alkanes of at least 4 members (excludes halogenated alkanes) is 1. The van der Waals surface area contributed by atoms with Crippen LogP contribution in [0.5, 0.6) is 0 Å². The summed E-state index contributed by atoms with van der Waals surface area (Å²) in [6.07, 6.45) is 2.82. The van der Waals surface area contributed by atoms with Crippen molar-refractivity contribution in [2.45, 2.75) is 26.2 Å². The van der Waals surface area contributed by atoms with E-state index in [1.165, 1.54) is 0 Å². The zero-order valence-electron chi connectivity index (χ0n) is 12.5. The van der Waals surface area contributed by atoms with Crippen molar-refractivity contribution >= 4 is 5.91 Å². The fraction of sp³-hybridized carbons (Fsp3) is 0.929. The molecule has 1 N–H and O–H groups in total. The number of rotatable bonds is 9. The monoisotopic (exact) mass is 271 g/mol. The number of morpholine rings is 1. The van der Waals surface area contributed by atoms with Crippen LogP contribution in [0.25, 0.3) is 0 Å². The molecular weight excluding hydrogens is 242 g/mol. The van der Waals surface area contributed by atoms with Crippen molar-refractivity contribution in [1.82, 2.24) is 15.1 Å². The third-order valence-corrected chi connectivity index (χ3v) is 3.50. The number of carbonyl (C=O) groups is 1. The number of nitrogens with one attached hydrogen (secondary N) is 1. The Labute approximate surface area is 117 Å². The van der Waals surface area contributed by atoms with Gasteiger partial charge >= 0.3 is 0 Å². The Morgan fingerprint density at radius 1 is 1.32 bits per heavy atom. The maximum Gasteiger partial charge on any atom is 0.223 e. The van der Waals surface area contributed by atoms with Gasteiger partial charge in [0, 0.05) is 52.7 Å². The molecule has 0 spiro atoms. The molecule has 1 rings (SSSR count). The normalized spacial score (nSPS) is 16.5. The van der Waals surface area contributed by atoms with Gasteiger partial charge in [0.15, 0.2) is 0 Å². The van der Waals surface area contributed by atoms with Crippen molar-refractivity contribution in [3.63, 3.8) is 0 Å². The first-order chi connectivity index (χ1) is 9.24. The Hall–Kier alpha value is -0.650. The third-order valence-electron chi connectivity index (χ3n) is 3.50. The molecule has 1 fully saturated rings. The molecular formula is C14H29N3O2. The summed E-state index contributed by atoms with van der Waals surface area (Å²) in [6.45, 7) is 9.55. The van der Waals surface area contributed by atoms with Gasteiger partial charge in [0.25, 0.3) is 0 Å². The largest absolute Gasteiger partial charge is 0.379 e. The van der Waals surface area contributed by atoms with Crippen molar-refractivity contribution in [3.8, 4) is 0 Å². The minimum atomic E-state index is 0.243. The molecule has 0 bridgehead atoms. The maximum atomic E-state index is 11.8. The lowest BCUT2D eigenvalue weighted by Crippen LogP contribution is -2.40. The fourth-order valence-corrected chi connectivity index (χ4v) is 2.09. The number of ether oxygens (including phenoxy) is 1. The Bertz CT molecular complexity index is 243. The van der Waals surface area contributed by atoms with Crippen LogP contribution in [0.1, 0.15) is 26.2 Å². The first-order valence-corrected chi connectivity index (χ1v) is 7.48. The van der Waals surface area contributed by atoms with Crippen molar-refractivity contribution in [2.75, 3.05) is 59.5 Å². The molecule has 0 atom stereocenters. The van der Waals surface area contributed by atoms with Gasteiger partial charge in [0.1, 0.15) is 0 Å². The van der Waals surface area contributed by atoms with E-state index in [0.29, 0.717) is 6.42 Å². The van der Waals surface area contributed by atoms with E-state index >= 15 is 0 Å². The molecule has 112 valence electrons. The topological polar surface area (TPSA) is 44.8 Å². The highest BCUT2D eigenvalue weighted by Crippen LogP contribution is 1.96. The SMILES string of the molecule is CCCCN(C)C(=O)CCNCCN1CCOCC1. The van der Waals surface area contributed by atoms with E-state index in [2.05, 4.69) is 17.1 Å². The van der Waals surface area contributed by atoms with Crippen LogP contribution in [-0.2, 0) is 9.53 Å². The van der Waals surface area contributed by atoms with Gasteiger partial charge in [-0.15, -0.1) is 0 Å². The molecule has 1 saturated heterocycles. The number of amides is 1. The van der Waals surface area contributed by atoms with Crippen LogP contribution in [0, 0.1) is 0 Å². The number of hydrogen-bond donors (Lipinski definition) is 1. The van der Waals surface area contributed by atoms with Crippen molar-refractivity contribution in [1.29, 1.82) is 0 Å². The van der Waals surface area contributed by atoms with Gasteiger partial charge in [0.2, 0.25) is 5.91 Å². The molecule has 0 aromatic rings. The summed E-state index contributed by atoms with van der Waals surface area (Å²) in [5, 5.41) is 3.34. The van der Waals surface area contributed by atoms with E-state index in [-0.39, 0.29) is 5.91 Å². The standard InChI is InChI=1S/C14H29N3O2/c1-3-4-8-16(2)14(18)5-6-15-7-9-17-10-12-19-13-11-17/h15H,3-13H2,1-2H3. The lowest BCUT2D eigenvalue weighted by Gasteiger charge is -2.26. The van der Waals surface area contributed by atoms with Crippen LogP contribution in [0.4, 0.5) is 0 Å². The predicted octanol–water partition coefficient (Wildman–Crippen LogP) is 0.557. The zero-order chi connectivity index (χ0) is 13.9. The third kappa shape index (κ3) is 7.50. The number of nitrogens with zero attached hydrogens (tertiary/aromatic N) is 2. The van der Waals surface area contributed by atoms with Crippen LogP contribution in [-0.4, -0.2) is 75.2 Å². The molecule has 0 radical (unpaired) electrons. The molecule has 1 aliphatic rings. The van der Waals surface area contributed by atoms with E-state index in [4.69, 9.17) is 4.74 Å². The Morgan fingerprint density at radius 2 is 2.05 bits per heavy atom. The molecule has 0 aromatic heterocycles. The predicted molar refractivity (Wildman–Crippen MR) is 77.3 cm³/mol. The summed E-state index contributed by atoms with van der Waals surface area (Å²) >= 11 is 0. The second-order valence-electron chi connectivity index (χ2n) is 5.12. The van der Waals surface area contributed by atoms with Gasteiger partial charge in [-0.3, -0.25) is 9.69 Å². The summed E-state index contributed by atoms with van der Waals surface area (Å²) < 4.78 is 5.30. The molecule has 0 aromatic carbocycles. The van der Waals surface area contributed by atoms with Gasteiger partial charge < -0.3 is 15.0 Å². The van der Waals surface area contributed by atoms with Gasteiger partial charge in [-0.05, 0) is 6.42 Å². The van der Waals surface area contributed by atoms with Crippen molar-refractivity contribution < 1.29 is 9.53 Å². The maximum absolute atomic E-state index is 11.8. The van der Waals surface area contributed by atoms with Crippen LogP contribution in [0.2, 0.25) is 0 Å². The van der Waals surface area contributed by atoms with Crippen LogP contribution in [0.15, 0.2) is 0 Å². The van der Waals surface area contributed by atoms with Crippen molar-refractivity contribution in [3.05, 3.63) is 0 Å². The lowest BCUT2D eigenvalue weighted by atomic mass is 10.3. The Balaban J connectivity index is 1.95. The zero-order valence-corrected chi connectivity index (χ0v) is 12.5. The minimum absolute atomic E-state index is 0.243. The average molecular weight is 271 g/mol. The fourth-order valence-electron chi connectivity index (χ4n) is 2.09. The number of hydrogen-bond acceptors (Lipinski definition) is 4. The van der Waals surface area contributed by atoms with E-state index in [9.17, 15) is 4.79 Å². The van der Waals surface area contributed by atoms with E-state index in [0.717, 1.165) is 65.3 Å². The highest BCUT2D eigenvalue weighted by molar-refractivity contribution is 5.75. The van der Waals surface area contributed by atoms with Crippen LogP contribution < -0.4 is 5.32 Å². The molecule has 1 aliphatic heterocycles. The second-order valence-corrected chi connectivity index (χ2v) is 5.12. The van der Waals surface area contributed by atoms with E-state index in [1.54, 1.807) is 0 Å². The molecule has 5 nitrogen and oxygen atoms in total. The van der Waals surface area contributed by atoms with Crippen LogP contribution >= 0.6 is 0 Å². The van der Waals surface area contributed by atoms with Crippen molar-refractivity contribution in [2.24, 2.45) is 0 Å². The highest BCUT2D eigenvalue weighted by Gasteiger charge is 2.10. The summed E-state index contributed by atoms with van der Waals surface area (Å²) in [5.41, 5.74) is 0. The molecule has 1 amide bonds. The van der Waals surface area contributed by atoms with Gasteiger partial charge in [-0.1, -0.05) is 13.3 Å². The summed E-state index contributed by atoms with van der Waals surface area (Å²) in [5.74, 6) is 0.243. The second kappa shape index (κ2) is 10.2. The molecule has 5 heteroatoms. The summed E-state index contributed by atoms with van der Waals surface area (Å²) in [7, 11) is 1.89. The highest BCUT2D eigenvalue weighted by atomic mass is 16.5. The van der Waals surface area contributed by atoms with Crippen LogP contribution in [0.3, 0.4) is 0 Å². The lowest BCUT2D eigenvalue weighted by molar-refractivity contribution is -0.129. The average Bonchev–Trinajstić information content (AvgIpc) is 2.45. The molecule has 0 unspecified atom stereocenters. The molecule has 19 heavy (non-hydrogen) atoms. The minimum Gasteiger partial charge on any atom is -0.379 e. The van der Waals surface area contributed by atoms with Gasteiger partial charge in [0.05, 0.1) is 13.2 Å². The summed E-state index contributed by atoms with van der Waals surface area (Å²) in [6, 6.07) is 0. The molecule has 1 heterocycles. The number of carbonyl (C=O) groups excluding carboxylic acids is 1. The van der Waals surface area contributed by atoms with E-state index < -0.39 is 0 Å². The quantitative estimate of drug-likeness (QED) is 0.622. The molecule has 0 aliphatic carbocycles. The smallest absolute Gasteiger partial charge is 0.223 e. The van der Waals surface area contributed by atoms with Gasteiger partial charge in [-0.2, -0.15) is 0 Å². The van der Waals surface area contributed by atoms with E-state index in [1.807, 2.05) is 11.9 Å². The first kappa shape index (κ1) is 16.4. The van der Waals surface area contributed by atoms with Gasteiger partial charge in [-0.25, -0.2) is 0 Å².